The van der Waals surface area contributed by atoms with Gasteiger partial charge in [-0.1, -0.05) is 29.8 Å². The number of hydrogen-bond donors (Lipinski definition) is 1. The molecule has 0 saturated heterocycles. The molecule has 0 aliphatic heterocycles. The maximum Gasteiger partial charge on any atom is 0.119 e. The molecule has 0 aliphatic rings. The average molecular weight is 319 g/mol. The van der Waals surface area contributed by atoms with Crippen molar-refractivity contribution >= 4 is 27.7 Å². The molecule has 1 aromatic carbocycles. The van der Waals surface area contributed by atoms with Crippen LogP contribution in [0.25, 0.3) is 0 Å². The molecule has 0 radical (unpaired) electrons. The number of methoxy groups -OCH3 is 1. The third-order valence-electron chi connectivity index (χ3n) is 2.33. The lowest BCUT2D eigenvalue weighted by Crippen LogP contribution is -2.15. The molecule has 0 saturated carbocycles. The lowest BCUT2D eigenvalue weighted by molar-refractivity contribution is 0.199. The predicted octanol–water partition coefficient (Wildman–Crippen LogP) is 3.50. The summed E-state index contributed by atoms with van der Waals surface area (Å²) in [5.41, 5.74) is 1.08. The molecule has 0 aliphatic carbocycles. The lowest BCUT2D eigenvalue weighted by Gasteiger charge is -2.14. The van der Waals surface area contributed by atoms with Crippen LogP contribution in [0.1, 0.15) is 19.4 Å². The molecule has 0 amide bonds. The molecule has 0 heterocycles. The Morgan fingerprint density at radius 2 is 2.12 bits per heavy atom. The monoisotopic (exact) mass is 318 g/mol. The van der Waals surface area contributed by atoms with Crippen LogP contribution in [-0.4, -0.2) is 29.3 Å². The highest BCUT2D eigenvalue weighted by molar-refractivity contribution is 9.10. The second kappa shape index (κ2) is 7.29. The van der Waals surface area contributed by atoms with Crippen molar-refractivity contribution in [3.05, 3.63) is 28.2 Å². The van der Waals surface area contributed by atoms with Crippen LogP contribution in [0.3, 0.4) is 0 Å². The Balaban J connectivity index is 2.60. The summed E-state index contributed by atoms with van der Waals surface area (Å²) >= 11 is 5.27. The summed E-state index contributed by atoms with van der Waals surface area (Å²) in [6, 6.07) is 5.83. The van der Waals surface area contributed by atoms with Crippen molar-refractivity contribution in [3.63, 3.8) is 0 Å². The Morgan fingerprint density at radius 3 is 2.71 bits per heavy atom. The van der Waals surface area contributed by atoms with Gasteiger partial charge >= 0.3 is 0 Å². The first-order valence-electron chi connectivity index (χ1n) is 5.65. The smallest absolute Gasteiger partial charge is 0.119 e. The van der Waals surface area contributed by atoms with E-state index in [1.54, 1.807) is 18.9 Å². The maximum atomic E-state index is 9.96. The molecule has 0 aromatic heterocycles. The summed E-state index contributed by atoms with van der Waals surface area (Å²) in [4.78, 5) is 0. The third kappa shape index (κ3) is 5.32. The molecule has 4 heteroatoms. The van der Waals surface area contributed by atoms with E-state index in [4.69, 9.17) is 4.74 Å². The predicted molar refractivity (Wildman–Crippen MR) is 78.0 cm³/mol. The fourth-order valence-corrected chi connectivity index (χ4v) is 2.58. The summed E-state index contributed by atoms with van der Waals surface area (Å²) in [5, 5.41) is 10.5. The Kier molecular flexibility index (Phi) is 6.38. The highest BCUT2D eigenvalue weighted by Gasteiger charge is 2.10. The van der Waals surface area contributed by atoms with Gasteiger partial charge in [0.15, 0.2) is 0 Å². The molecule has 1 unspecified atom stereocenters. The van der Waals surface area contributed by atoms with Crippen LogP contribution in [0.4, 0.5) is 0 Å². The largest absolute Gasteiger partial charge is 0.497 e. The fraction of sp³-hybridized carbons (Fsp3) is 0.538. The number of benzene rings is 1. The first-order chi connectivity index (χ1) is 8.02. The van der Waals surface area contributed by atoms with Gasteiger partial charge in [-0.15, -0.1) is 0 Å². The Bertz CT molecular complexity index is 355. The van der Waals surface area contributed by atoms with E-state index < -0.39 is 0 Å². The number of rotatable bonds is 6. The molecule has 1 atom stereocenters. The average Bonchev–Trinajstić information content (AvgIpc) is 2.29. The summed E-state index contributed by atoms with van der Waals surface area (Å²) in [6.07, 6.45) is 0.336. The fourth-order valence-electron chi connectivity index (χ4n) is 1.45. The zero-order valence-corrected chi connectivity index (χ0v) is 12.8. The van der Waals surface area contributed by atoms with Gasteiger partial charge in [-0.2, -0.15) is 11.8 Å². The van der Waals surface area contributed by atoms with Gasteiger partial charge in [0.25, 0.3) is 0 Å². The van der Waals surface area contributed by atoms with Crippen LogP contribution >= 0.6 is 27.7 Å². The van der Waals surface area contributed by atoms with Gasteiger partial charge in [0.05, 0.1) is 13.2 Å². The molecular weight excluding hydrogens is 300 g/mol. The minimum absolute atomic E-state index is 0.314. The summed E-state index contributed by atoms with van der Waals surface area (Å²) < 4.78 is 6.20. The van der Waals surface area contributed by atoms with E-state index in [0.29, 0.717) is 11.7 Å². The lowest BCUT2D eigenvalue weighted by atomic mass is 10.1. The quantitative estimate of drug-likeness (QED) is 0.870. The standard InChI is InChI=1S/C13H19BrO2S/c1-9(2)17-8-11(15)6-10-7-12(16-3)4-5-13(10)14/h4-5,7,9,11,15H,6,8H2,1-3H3. The van der Waals surface area contributed by atoms with Gasteiger partial charge in [-0.05, 0) is 29.0 Å². The molecule has 0 spiro atoms. The van der Waals surface area contributed by atoms with Crippen molar-refractivity contribution in [1.82, 2.24) is 0 Å². The van der Waals surface area contributed by atoms with Crippen LogP contribution in [0.15, 0.2) is 22.7 Å². The zero-order chi connectivity index (χ0) is 12.8. The molecule has 0 bridgehead atoms. The SMILES string of the molecule is COc1ccc(Br)c(CC(O)CSC(C)C)c1. The highest BCUT2D eigenvalue weighted by Crippen LogP contribution is 2.24. The van der Waals surface area contributed by atoms with Crippen molar-refractivity contribution in [3.8, 4) is 5.75 Å². The van der Waals surface area contributed by atoms with E-state index in [1.165, 1.54) is 0 Å². The van der Waals surface area contributed by atoms with Gasteiger partial charge in [0.1, 0.15) is 5.75 Å². The molecule has 2 nitrogen and oxygen atoms in total. The number of halogens is 1. The van der Waals surface area contributed by atoms with Crippen LogP contribution in [0.2, 0.25) is 0 Å². The third-order valence-corrected chi connectivity index (χ3v) is 4.35. The number of hydrogen-bond acceptors (Lipinski definition) is 3. The Hall–Kier alpha value is -0.190. The first-order valence-corrected chi connectivity index (χ1v) is 7.49. The Labute approximate surface area is 116 Å². The van der Waals surface area contributed by atoms with Gasteiger partial charge in [-0.25, -0.2) is 0 Å². The molecule has 1 rings (SSSR count). The number of aliphatic hydroxyl groups is 1. The van der Waals surface area contributed by atoms with Crippen molar-refractivity contribution in [1.29, 1.82) is 0 Å². The van der Waals surface area contributed by atoms with Crippen molar-refractivity contribution in [2.45, 2.75) is 31.6 Å². The molecule has 1 aromatic rings. The second-order valence-electron chi connectivity index (χ2n) is 4.20. The van der Waals surface area contributed by atoms with E-state index in [0.717, 1.165) is 21.5 Å². The second-order valence-corrected chi connectivity index (χ2v) is 6.66. The van der Waals surface area contributed by atoms with Gasteiger partial charge < -0.3 is 9.84 Å². The Morgan fingerprint density at radius 1 is 1.41 bits per heavy atom. The van der Waals surface area contributed by atoms with Gasteiger partial charge in [0, 0.05) is 16.6 Å². The van der Waals surface area contributed by atoms with Crippen LogP contribution in [-0.2, 0) is 6.42 Å². The minimum atomic E-state index is -0.314. The number of aliphatic hydroxyl groups excluding tert-OH is 1. The summed E-state index contributed by atoms with van der Waals surface area (Å²) in [7, 11) is 1.65. The van der Waals surface area contributed by atoms with Crippen LogP contribution in [0.5, 0.6) is 5.75 Å². The molecule has 17 heavy (non-hydrogen) atoms. The van der Waals surface area contributed by atoms with Crippen LogP contribution in [0, 0.1) is 0 Å². The van der Waals surface area contributed by atoms with Crippen molar-refractivity contribution in [2.24, 2.45) is 0 Å². The van der Waals surface area contributed by atoms with Crippen molar-refractivity contribution in [2.75, 3.05) is 12.9 Å². The van der Waals surface area contributed by atoms with E-state index >= 15 is 0 Å². The maximum absolute atomic E-state index is 9.96. The number of thioether (sulfide) groups is 1. The zero-order valence-electron chi connectivity index (χ0n) is 10.4. The molecule has 1 N–H and O–H groups in total. The van der Waals surface area contributed by atoms with Crippen LogP contribution < -0.4 is 4.74 Å². The molecule has 0 fully saturated rings. The van der Waals surface area contributed by atoms with Gasteiger partial charge in [-0.3, -0.25) is 0 Å². The summed E-state index contributed by atoms with van der Waals surface area (Å²) in [5.74, 6) is 1.59. The summed E-state index contributed by atoms with van der Waals surface area (Å²) in [6.45, 7) is 4.28. The van der Waals surface area contributed by atoms with E-state index in [-0.39, 0.29) is 6.10 Å². The molecular formula is C13H19BrO2S. The molecule has 96 valence electrons. The van der Waals surface area contributed by atoms with Crippen molar-refractivity contribution < 1.29 is 9.84 Å². The normalized spacial score (nSPS) is 12.8. The van der Waals surface area contributed by atoms with Gasteiger partial charge in [0.2, 0.25) is 0 Å². The highest BCUT2D eigenvalue weighted by atomic mass is 79.9. The first kappa shape index (κ1) is 14.9. The minimum Gasteiger partial charge on any atom is -0.497 e. The number of ether oxygens (including phenoxy) is 1. The van der Waals surface area contributed by atoms with E-state index in [9.17, 15) is 5.11 Å². The topological polar surface area (TPSA) is 29.5 Å². The van der Waals surface area contributed by atoms with E-state index in [2.05, 4.69) is 29.8 Å². The van der Waals surface area contributed by atoms with E-state index in [1.807, 2.05) is 18.2 Å².